The van der Waals surface area contributed by atoms with Crippen LogP contribution < -0.4 is 4.90 Å². The number of aryl methyl sites for hydroxylation is 2. The van der Waals surface area contributed by atoms with Gasteiger partial charge in [0.1, 0.15) is 11.9 Å². The van der Waals surface area contributed by atoms with Crippen molar-refractivity contribution in [1.29, 1.82) is 5.26 Å². The fourth-order valence-electron chi connectivity index (χ4n) is 2.71. The smallest absolute Gasteiger partial charge is 0.153 e. The van der Waals surface area contributed by atoms with Gasteiger partial charge in [-0.1, -0.05) is 0 Å². The van der Waals surface area contributed by atoms with E-state index >= 15 is 0 Å². The monoisotopic (exact) mass is 277 g/mol. The van der Waals surface area contributed by atoms with Gasteiger partial charge in [0.2, 0.25) is 0 Å². The third-order valence-corrected chi connectivity index (χ3v) is 5.40. The molecule has 100 valence electrons. The second-order valence-corrected chi connectivity index (χ2v) is 7.37. The Labute approximate surface area is 112 Å². The number of fused-ring (bicyclic) bond motifs is 1. The Morgan fingerprint density at radius 1 is 1.26 bits per heavy atom. The summed E-state index contributed by atoms with van der Waals surface area (Å²) in [6.07, 6.45) is 3.04. The lowest BCUT2D eigenvalue weighted by Gasteiger charge is -2.28. The van der Waals surface area contributed by atoms with Crippen LogP contribution in [0.1, 0.15) is 23.2 Å². The highest BCUT2D eigenvalue weighted by atomic mass is 32.2. The molecule has 5 nitrogen and oxygen atoms in total. The van der Waals surface area contributed by atoms with Gasteiger partial charge in [0.25, 0.3) is 0 Å². The number of anilines is 1. The van der Waals surface area contributed by atoms with E-state index in [0.717, 1.165) is 25.0 Å². The number of hydrogen-bond acceptors (Lipinski definition) is 5. The van der Waals surface area contributed by atoms with E-state index in [2.05, 4.69) is 11.1 Å². The number of pyridine rings is 1. The first kappa shape index (κ1) is 12.4. The largest absolute Gasteiger partial charge is 0.353 e. The molecule has 2 heterocycles. The Balaban J connectivity index is 1.95. The molecule has 0 spiro atoms. The molecular formula is C13H15N3O2S. The molecule has 0 radical (unpaired) electrons. The summed E-state index contributed by atoms with van der Waals surface area (Å²) in [7, 11) is -2.91. The molecule has 0 saturated carbocycles. The van der Waals surface area contributed by atoms with E-state index in [9.17, 15) is 13.7 Å². The summed E-state index contributed by atoms with van der Waals surface area (Å²) in [6, 6.07) is 4.11. The average Bonchev–Trinajstić information content (AvgIpc) is 2.84. The van der Waals surface area contributed by atoms with Gasteiger partial charge in [-0.15, -0.1) is 0 Å². The van der Waals surface area contributed by atoms with Crippen LogP contribution in [0, 0.1) is 11.3 Å². The maximum absolute atomic E-state index is 11.5. The first-order valence-corrected chi connectivity index (χ1v) is 8.29. The van der Waals surface area contributed by atoms with Gasteiger partial charge in [0, 0.05) is 18.8 Å². The molecule has 0 N–H and O–H groups in total. The Kier molecular flexibility index (Phi) is 2.94. The number of aromatic nitrogens is 1. The van der Waals surface area contributed by atoms with Crippen molar-refractivity contribution in [3.63, 3.8) is 0 Å². The first-order chi connectivity index (χ1) is 9.09. The maximum atomic E-state index is 11.5. The van der Waals surface area contributed by atoms with Gasteiger partial charge >= 0.3 is 0 Å². The van der Waals surface area contributed by atoms with Gasteiger partial charge in [-0.25, -0.2) is 13.4 Å². The van der Waals surface area contributed by atoms with Crippen LogP contribution in [0.4, 0.5) is 5.82 Å². The van der Waals surface area contributed by atoms with Gasteiger partial charge in [-0.05, 0) is 30.9 Å². The number of rotatable bonds is 1. The minimum atomic E-state index is -2.91. The van der Waals surface area contributed by atoms with Gasteiger partial charge in [0.05, 0.1) is 17.1 Å². The lowest BCUT2D eigenvalue weighted by atomic mass is 10.1. The van der Waals surface area contributed by atoms with E-state index in [1.165, 1.54) is 5.56 Å². The Bertz CT molecular complexity index is 647. The molecule has 1 saturated heterocycles. The third kappa shape index (κ3) is 2.30. The van der Waals surface area contributed by atoms with Crippen LogP contribution >= 0.6 is 0 Å². The molecule has 1 aromatic rings. The summed E-state index contributed by atoms with van der Waals surface area (Å²) in [6.45, 7) is 0.867. The van der Waals surface area contributed by atoms with Crippen molar-refractivity contribution < 1.29 is 8.42 Å². The molecule has 1 aliphatic carbocycles. The number of nitrogens with zero attached hydrogens (tertiary/aromatic N) is 3. The first-order valence-electron chi connectivity index (χ1n) is 6.47. The summed E-state index contributed by atoms with van der Waals surface area (Å²) in [4.78, 5) is 6.53. The molecule has 0 aromatic carbocycles. The molecule has 0 bridgehead atoms. The number of hydrogen-bond donors (Lipinski definition) is 0. The predicted octanol–water partition coefficient (Wildman–Crippen LogP) is 0.677. The van der Waals surface area contributed by atoms with E-state index in [4.69, 9.17) is 0 Å². The quantitative estimate of drug-likeness (QED) is 0.754. The SMILES string of the molecule is N#Cc1cc2c(nc1N1CCS(=O)(=O)CC1)CCC2. The predicted molar refractivity (Wildman–Crippen MR) is 71.8 cm³/mol. The zero-order valence-electron chi connectivity index (χ0n) is 10.6. The highest BCUT2D eigenvalue weighted by molar-refractivity contribution is 7.91. The highest BCUT2D eigenvalue weighted by Crippen LogP contribution is 2.27. The molecule has 1 fully saturated rings. The van der Waals surface area contributed by atoms with E-state index < -0.39 is 9.84 Å². The molecule has 0 atom stereocenters. The lowest BCUT2D eigenvalue weighted by Crippen LogP contribution is -2.41. The van der Waals surface area contributed by atoms with Crippen molar-refractivity contribution in [1.82, 2.24) is 4.98 Å². The fourth-order valence-corrected chi connectivity index (χ4v) is 3.91. The van der Waals surface area contributed by atoms with Gasteiger partial charge in [0.15, 0.2) is 9.84 Å². The molecule has 1 aromatic heterocycles. The second kappa shape index (κ2) is 4.49. The molecule has 2 aliphatic rings. The van der Waals surface area contributed by atoms with Crippen LogP contribution in [0.3, 0.4) is 0 Å². The molecule has 6 heteroatoms. The summed E-state index contributed by atoms with van der Waals surface area (Å²) in [5.74, 6) is 0.964. The average molecular weight is 277 g/mol. The maximum Gasteiger partial charge on any atom is 0.153 e. The zero-order valence-corrected chi connectivity index (χ0v) is 11.4. The molecule has 0 amide bonds. The third-order valence-electron chi connectivity index (χ3n) is 3.80. The summed E-state index contributed by atoms with van der Waals surface area (Å²) >= 11 is 0. The zero-order chi connectivity index (χ0) is 13.5. The topological polar surface area (TPSA) is 74.1 Å². The van der Waals surface area contributed by atoms with Crippen molar-refractivity contribution in [2.75, 3.05) is 29.5 Å². The van der Waals surface area contributed by atoms with Crippen molar-refractivity contribution in [2.24, 2.45) is 0 Å². The van der Waals surface area contributed by atoms with Crippen LogP contribution in [0.5, 0.6) is 0 Å². The van der Waals surface area contributed by atoms with E-state index in [-0.39, 0.29) is 11.5 Å². The van der Waals surface area contributed by atoms with Crippen molar-refractivity contribution in [3.05, 3.63) is 22.9 Å². The van der Waals surface area contributed by atoms with E-state index in [1.807, 2.05) is 11.0 Å². The molecular weight excluding hydrogens is 262 g/mol. The Hall–Kier alpha value is -1.61. The molecule has 19 heavy (non-hydrogen) atoms. The minimum absolute atomic E-state index is 0.149. The molecule has 0 unspecified atom stereocenters. The van der Waals surface area contributed by atoms with Crippen LogP contribution in [-0.2, 0) is 22.7 Å². The Morgan fingerprint density at radius 2 is 2.00 bits per heavy atom. The van der Waals surface area contributed by atoms with Crippen molar-refractivity contribution in [2.45, 2.75) is 19.3 Å². The van der Waals surface area contributed by atoms with Crippen molar-refractivity contribution >= 4 is 15.7 Å². The minimum Gasteiger partial charge on any atom is -0.353 e. The Morgan fingerprint density at radius 3 is 2.68 bits per heavy atom. The van der Waals surface area contributed by atoms with E-state index in [1.54, 1.807) is 0 Å². The van der Waals surface area contributed by atoms with Crippen LogP contribution in [0.25, 0.3) is 0 Å². The molecule has 3 rings (SSSR count). The standard InChI is InChI=1S/C13H15N3O2S/c14-9-11-8-10-2-1-3-12(10)15-13(11)16-4-6-19(17,18)7-5-16/h8H,1-7H2. The van der Waals surface area contributed by atoms with Gasteiger partial charge in [-0.2, -0.15) is 5.26 Å². The second-order valence-electron chi connectivity index (χ2n) is 5.07. The number of sulfone groups is 1. The van der Waals surface area contributed by atoms with Crippen LogP contribution in [0.15, 0.2) is 6.07 Å². The summed E-state index contributed by atoms with van der Waals surface area (Å²) in [5.41, 5.74) is 2.81. The van der Waals surface area contributed by atoms with Crippen LogP contribution in [-0.4, -0.2) is 38.0 Å². The lowest BCUT2D eigenvalue weighted by molar-refractivity contribution is 0.586. The molecule has 1 aliphatic heterocycles. The fraction of sp³-hybridized carbons (Fsp3) is 0.538. The summed E-state index contributed by atoms with van der Waals surface area (Å²) < 4.78 is 22.9. The number of nitriles is 1. The summed E-state index contributed by atoms with van der Waals surface area (Å²) in [5, 5.41) is 9.25. The highest BCUT2D eigenvalue weighted by Gasteiger charge is 2.26. The van der Waals surface area contributed by atoms with Crippen LogP contribution in [0.2, 0.25) is 0 Å². The van der Waals surface area contributed by atoms with Gasteiger partial charge in [-0.3, -0.25) is 0 Å². The van der Waals surface area contributed by atoms with Crippen molar-refractivity contribution in [3.8, 4) is 6.07 Å². The normalized spacial score (nSPS) is 20.9. The van der Waals surface area contributed by atoms with E-state index in [0.29, 0.717) is 24.5 Å². The van der Waals surface area contributed by atoms with Gasteiger partial charge < -0.3 is 4.90 Å².